The number of ether oxygens (including phenoxy) is 1. The standard InChI is InChI=1S/C22H18F3NO2/c23-22(24,25)18-11-9-17(10-12-18)19(20-8-4-5-13-26-20)14-21(27)28-15-16-6-2-1-3-7-16/h1-13,19H,14-15H2/t19-/m0/s1. The third-order valence-corrected chi connectivity index (χ3v) is 4.30. The van der Waals surface area contributed by atoms with E-state index in [1.807, 2.05) is 30.3 Å². The van der Waals surface area contributed by atoms with Crippen LogP contribution in [0.2, 0.25) is 0 Å². The molecule has 0 unspecified atom stereocenters. The van der Waals surface area contributed by atoms with Gasteiger partial charge in [-0.25, -0.2) is 0 Å². The molecule has 1 atom stereocenters. The maximum absolute atomic E-state index is 12.8. The molecule has 0 amide bonds. The maximum atomic E-state index is 12.8. The molecule has 0 aliphatic heterocycles. The zero-order valence-corrected chi connectivity index (χ0v) is 14.9. The van der Waals surface area contributed by atoms with Crippen LogP contribution in [0.25, 0.3) is 0 Å². The molecule has 2 aromatic carbocycles. The predicted molar refractivity (Wildman–Crippen MR) is 98.4 cm³/mol. The summed E-state index contributed by atoms with van der Waals surface area (Å²) in [6.07, 6.45) is -2.84. The molecular formula is C22H18F3NO2. The number of carbonyl (C=O) groups excluding carboxylic acids is 1. The number of rotatable bonds is 6. The smallest absolute Gasteiger partial charge is 0.416 e. The summed E-state index contributed by atoms with van der Waals surface area (Å²) in [5, 5.41) is 0. The molecule has 3 rings (SSSR count). The van der Waals surface area contributed by atoms with Gasteiger partial charge in [-0.2, -0.15) is 13.2 Å². The number of alkyl halides is 3. The van der Waals surface area contributed by atoms with E-state index in [9.17, 15) is 18.0 Å². The molecule has 0 aliphatic carbocycles. The van der Waals surface area contributed by atoms with Crippen LogP contribution >= 0.6 is 0 Å². The van der Waals surface area contributed by atoms with Crippen LogP contribution in [0.4, 0.5) is 13.2 Å². The summed E-state index contributed by atoms with van der Waals surface area (Å²) in [4.78, 5) is 16.6. The third-order valence-electron chi connectivity index (χ3n) is 4.30. The van der Waals surface area contributed by atoms with Crippen molar-refractivity contribution in [2.75, 3.05) is 0 Å². The van der Waals surface area contributed by atoms with E-state index < -0.39 is 23.6 Å². The van der Waals surface area contributed by atoms with Crippen LogP contribution in [-0.2, 0) is 22.3 Å². The first-order valence-corrected chi connectivity index (χ1v) is 8.71. The van der Waals surface area contributed by atoms with Crippen molar-refractivity contribution < 1.29 is 22.7 Å². The molecule has 1 heterocycles. The Morgan fingerprint density at radius 3 is 2.21 bits per heavy atom. The van der Waals surface area contributed by atoms with Crippen molar-refractivity contribution >= 4 is 5.97 Å². The summed E-state index contributed by atoms with van der Waals surface area (Å²) in [6, 6.07) is 19.3. The molecule has 0 radical (unpaired) electrons. The van der Waals surface area contributed by atoms with E-state index in [-0.39, 0.29) is 13.0 Å². The molecule has 0 spiro atoms. The van der Waals surface area contributed by atoms with Crippen LogP contribution < -0.4 is 0 Å². The second-order valence-corrected chi connectivity index (χ2v) is 6.28. The molecule has 3 nitrogen and oxygen atoms in total. The summed E-state index contributed by atoms with van der Waals surface area (Å²) < 4.78 is 43.8. The molecule has 0 aliphatic rings. The lowest BCUT2D eigenvalue weighted by molar-refractivity contribution is -0.145. The Bertz CT molecular complexity index is 895. The number of pyridine rings is 1. The molecule has 6 heteroatoms. The molecule has 0 saturated carbocycles. The highest BCUT2D eigenvalue weighted by Crippen LogP contribution is 2.32. The number of hydrogen-bond donors (Lipinski definition) is 0. The quantitative estimate of drug-likeness (QED) is 0.536. The highest BCUT2D eigenvalue weighted by atomic mass is 19.4. The van der Waals surface area contributed by atoms with Crippen LogP contribution in [-0.4, -0.2) is 11.0 Å². The molecule has 144 valence electrons. The van der Waals surface area contributed by atoms with E-state index in [0.717, 1.165) is 17.7 Å². The monoisotopic (exact) mass is 385 g/mol. The number of carbonyl (C=O) groups is 1. The first-order chi connectivity index (χ1) is 13.4. The molecule has 1 aromatic heterocycles. The molecular weight excluding hydrogens is 367 g/mol. The summed E-state index contributed by atoms with van der Waals surface area (Å²) in [5.41, 5.74) is 1.30. The van der Waals surface area contributed by atoms with Gasteiger partial charge in [0, 0.05) is 17.8 Å². The van der Waals surface area contributed by atoms with Gasteiger partial charge in [0.05, 0.1) is 12.0 Å². The molecule has 0 bridgehead atoms. The van der Waals surface area contributed by atoms with Gasteiger partial charge >= 0.3 is 12.1 Å². The highest BCUT2D eigenvalue weighted by Gasteiger charge is 2.30. The van der Waals surface area contributed by atoms with E-state index >= 15 is 0 Å². The average molecular weight is 385 g/mol. The summed E-state index contributed by atoms with van der Waals surface area (Å²) >= 11 is 0. The zero-order valence-electron chi connectivity index (χ0n) is 14.9. The lowest BCUT2D eigenvalue weighted by Gasteiger charge is -2.17. The van der Waals surface area contributed by atoms with E-state index in [0.29, 0.717) is 11.3 Å². The number of aromatic nitrogens is 1. The number of hydrogen-bond acceptors (Lipinski definition) is 3. The Labute approximate surface area is 160 Å². The van der Waals surface area contributed by atoms with Gasteiger partial charge < -0.3 is 4.74 Å². The van der Waals surface area contributed by atoms with Gasteiger partial charge in [0.25, 0.3) is 0 Å². The number of halogens is 3. The first kappa shape index (κ1) is 19.6. The van der Waals surface area contributed by atoms with E-state index in [1.165, 1.54) is 12.1 Å². The summed E-state index contributed by atoms with van der Waals surface area (Å²) in [7, 11) is 0. The van der Waals surface area contributed by atoms with Gasteiger partial charge in [-0.1, -0.05) is 48.5 Å². The van der Waals surface area contributed by atoms with Gasteiger partial charge in [0.1, 0.15) is 6.61 Å². The third kappa shape index (κ3) is 5.19. The first-order valence-electron chi connectivity index (χ1n) is 8.71. The molecule has 28 heavy (non-hydrogen) atoms. The van der Waals surface area contributed by atoms with Crippen LogP contribution in [0, 0.1) is 0 Å². The van der Waals surface area contributed by atoms with Gasteiger partial charge in [-0.15, -0.1) is 0 Å². The Balaban J connectivity index is 1.77. The van der Waals surface area contributed by atoms with Gasteiger partial charge in [-0.3, -0.25) is 9.78 Å². The van der Waals surface area contributed by atoms with Crippen LogP contribution in [0.1, 0.15) is 34.7 Å². The van der Waals surface area contributed by atoms with Crippen molar-refractivity contribution in [2.45, 2.75) is 25.1 Å². The van der Waals surface area contributed by atoms with Gasteiger partial charge in [0.15, 0.2) is 0 Å². The summed E-state index contributed by atoms with van der Waals surface area (Å²) in [6.45, 7) is 0.140. The molecule has 0 saturated heterocycles. The SMILES string of the molecule is O=C(C[C@@H](c1ccc(C(F)(F)F)cc1)c1ccccn1)OCc1ccccc1. The highest BCUT2D eigenvalue weighted by molar-refractivity contribution is 5.71. The number of esters is 1. The Kier molecular flexibility index (Phi) is 6.09. The number of benzene rings is 2. The van der Waals surface area contributed by atoms with E-state index in [2.05, 4.69) is 4.98 Å². The second kappa shape index (κ2) is 8.69. The lowest BCUT2D eigenvalue weighted by atomic mass is 9.91. The number of nitrogens with zero attached hydrogens (tertiary/aromatic N) is 1. The minimum Gasteiger partial charge on any atom is -0.461 e. The van der Waals surface area contributed by atoms with Crippen LogP contribution in [0.5, 0.6) is 0 Å². The summed E-state index contributed by atoms with van der Waals surface area (Å²) in [5.74, 6) is -0.939. The maximum Gasteiger partial charge on any atom is 0.416 e. The molecule has 0 N–H and O–H groups in total. The van der Waals surface area contributed by atoms with Crippen molar-refractivity contribution in [1.82, 2.24) is 4.98 Å². The van der Waals surface area contributed by atoms with Gasteiger partial charge in [0.2, 0.25) is 0 Å². The Morgan fingerprint density at radius 1 is 0.929 bits per heavy atom. The van der Waals surface area contributed by atoms with E-state index in [1.54, 1.807) is 24.4 Å². The normalized spacial score (nSPS) is 12.4. The molecule has 3 aromatic rings. The minimum absolute atomic E-state index is 0.0186. The van der Waals surface area contributed by atoms with Gasteiger partial charge in [-0.05, 0) is 35.4 Å². The second-order valence-electron chi connectivity index (χ2n) is 6.28. The van der Waals surface area contributed by atoms with Crippen LogP contribution in [0.15, 0.2) is 79.0 Å². The average Bonchev–Trinajstić information content (AvgIpc) is 2.71. The van der Waals surface area contributed by atoms with Crippen molar-refractivity contribution in [2.24, 2.45) is 0 Å². The lowest BCUT2D eigenvalue weighted by Crippen LogP contribution is -2.13. The topological polar surface area (TPSA) is 39.2 Å². The van der Waals surface area contributed by atoms with Crippen molar-refractivity contribution in [1.29, 1.82) is 0 Å². The Hall–Kier alpha value is -3.15. The Morgan fingerprint density at radius 2 is 1.61 bits per heavy atom. The minimum atomic E-state index is -4.41. The predicted octanol–water partition coefficient (Wildman–Crippen LogP) is 5.37. The van der Waals surface area contributed by atoms with Crippen molar-refractivity contribution in [3.63, 3.8) is 0 Å². The largest absolute Gasteiger partial charge is 0.461 e. The fourth-order valence-electron chi connectivity index (χ4n) is 2.84. The van der Waals surface area contributed by atoms with E-state index in [4.69, 9.17) is 4.74 Å². The van der Waals surface area contributed by atoms with Crippen LogP contribution in [0.3, 0.4) is 0 Å². The fourth-order valence-corrected chi connectivity index (χ4v) is 2.84. The van der Waals surface area contributed by atoms with Crippen molar-refractivity contribution in [3.8, 4) is 0 Å². The zero-order chi connectivity index (χ0) is 20.0. The fraction of sp³-hybridized carbons (Fsp3) is 0.182. The van der Waals surface area contributed by atoms with Crippen molar-refractivity contribution in [3.05, 3.63) is 101 Å². The molecule has 0 fully saturated rings.